The highest BCUT2D eigenvalue weighted by atomic mass is 32.1. The molecule has 0 atom stereocenters. The lowest BCUT2D eigenvalue weighted by Crippen LogP contribution is -2.28. The zero-order chi connectivity index (χ0) is 20.2. The number of aromatic hydroxyl groups is 1. The van der Waals surface area contributed by atoms with E-state index < -0.39 is 0 Å². The van der Waals surface area contributed by atoms with Crippen molar-refractivity contribution in [1.29, 1.82) is 0 Å². The summed E-state index contributed by atoms with van der Waals surface area (Å²) in [6, 6.07) is 8.71. The van der Waals surface area contributed by atoms with Crippen LogP contribution in [0.25, 0.3) is 0 Å². The zero-order valence-corrected chi connectivity index (χ0v) is 19.2. The van der Waals surface area contributed by atoms with Crippen molar-refractivity contribution in [1.82, 2.24) is 4.90 Å². The summed E-state index contributed by atoms with van der Waals surface area (Å²) in [5.41, 5.74) is 0. The fourth-order valence-corrected chi connectivity index (χ4v) is 3.28. The Morgan fingerprint density at radius 1 is 0.778 bits per heavy atom. The first-order valence-corrected chi connectivity index (χ1v) is 11.7. The van der Waals surface area contributed by atoms with Gasteiger partial charge in [0, 0.05) is 13.1 Å². The Morgan fingerprint density at radius 2 is 1.19 bits per heavy atom. The number of benzene rings is 1. The van der Waals surface area contributed by atoms with Crippen LogP contribution in [0.5, 0.6) is 5.75 Å². The van der Waals surface area contributed by atoms with Gasteiger partial charge in [-0.25, -0.2) is 0 Å². The van der Waals surface area contributed by atoms with Crippen molar-refractivity contribution in [2.45, 2.75) is 90.9 Å². The first-order chi connectivity index (χ1) is 13.1. The molecule has 0 fully saturated rings. The van der Waals surface area contributed by atoms with E-state index in [4.69, 9.17) is 17.3 Å². The lowest BCUT2D eigenvalue weighted by Gasteiger charge is -2.22. The fourth-order valence-electron chi connectivity index (χ4n) is 2.90. The topological polar surface area (TPSA) is 23.5 Å². The standard InChI is InChI=1S/C17H35NS2.C6H6O/c1-3-5-7-9-11-13-15-18(17(19)20)16-14-12-10-8-6-4-2;7-6-4-2-1-3-5-6/h3-16H2,1-2H3,(H,19,20);1-5,7H. The van der Waals surface area contributed by atoms with Gasteiger partial charge in [0.15, 0.2) is 0 Å². The van der Waals surface area contributed by atoms with E-state index in [1.54, 1.807) is 24.3 Å². The molecule has 1 aromatic rings. The van der Waals surface area contributed by atoms with Gasteiger partial charge in [-0.05, 0) is 25.0 Å². The van der Waals surface area contributed by atoms with E-state index >= 15 is 0 Å². The monoisotopic (exact) mass is 411 g/mol. The molecule has 1 rings (SSSR count). The van der Waals surface area contributed by atoms with E-state index in [1.165, 1.54) is 77.0 Å². The van der Waals surface area contributed by atoms with Crippen molar-refractivity contribution < 1.29 is 5.11 Å². The second-order valence-electron chi connectivity index (χ2n) is 7.14. The number of rotatable bonds is 14. The van der Waals surface area contributed by atoms with Gasteiger partial charge in [0.25, 0.3) is 0 Å². The summed E-state index contributed by atoms with van der Waals surface area (Å²) in [7, 11) is 0. The molecular formula is C23H41NOS2. The maximum Gasteiger partial charge on any atom is 0.133 e. The van der Waals surface area contributed by atoms with E-state index in [2.05, 4.69) is 31.4 Å². The quantitative estimate of drug-likeness (QED) is 0.187. The van der Waals surface area contributed by atoms with Crippen LogP contribution in [0, 0.1) is 0 Å². The Hall–Kier alpha value is -0.740. The van der Waals surface area contributed by atoms with E-state index in [-0.39, 0.29) is 0 Å². The van der Waals surface area contributed by atoms with Crippen molar-refractivity contribution in [2.75, 3.05) is 13.1 Å². The summed E-state index contributed by atoms with van der Waals surface area (Å²) in [6.07, 6.45) is 16.1. The summed E-state index contributed by atoms with van der Waals surface area (Å²) in [5, 5.41) is 8.63. The minimum atomic E-state index is 0.322. The number of hydrogen-bond acceptors (Lipinski definition) is 2. The number of phenolic OH excluding ortho intramolecular Hbond substituents is 1. The fraction of sp³-hybridized carbons (Fsp3) is 0.696. The lowest BCUT2D eigenvalue weighted by atomic mass is 10.1. The third-order valence-corrected chi connectivity index (χ3v) is 5.13. The minimum Gasteiger partial charge on any atom is -0.508 e. The molecule has 0 saturated carbocycles. The molecule has 0 aliphatic heterocycles. The molecule has 2 nitrogen and oxygen atoms in total. The van der Waals surface area contributed by atoms with Crippen molar-refractivity contribution in [2.24, 2.45) is 0 Å². The maximum atomic E-state index is 8.63. The van der Waals surface area contributed by atoms with Crippen LogP contribution in [0.3, 0.4) is 0 Å². The van der Waals surface area contributed by atoms with Crippen LogP contribution >= 0.6 is 24.8 Å². The van der Waals surface area contributed by atoms with Crippen LogP contribution in [0.15, 0.2) is 30.3 Å². The molecule has 0 heterocycles. The molecule has 0 aromatic heterocycles. The van der Waals surface area contributed by atoms with E-state index in [0.29, 0.717) is 5.75 Å². The van der Waals surface area contributed by atoms with E-state index in [1.807, 2.05) is 6.07 Å². The summed E-state index contributed by atoms with van der Waals surface area (Å²) in [5.74, 6) is 0.322. The van der Waals surface area contributed by atoms with Gasteiger partial charge >= 0.3 is 0 Å². The smallest absolute Gasteiger partial charge is 0.133 e. The second-order valence-corrected chi connectivity index (χ2v) is 8.25. The number of para-hydroxylation sites is 1. The number of hydrogen-bond donors (Lipinski definition) is 2. The van der Waals surface area contributed by atoms with E-state index in [9.17, 15) is 0 Å². The summed E-state index contributed by atoms with van der Waals surface area (Å²) in [4.78, 5) is 2.29. The van der Waals surface area contributed by atoms with Gasteiger partial charge in [-0.3, -0.25) is 0 Å². The van der Waals surface area contributed by atoms with Gasteiger partial charge < -0.3 is 10.0 Å². The molecule has 4 heteroatoms. The number of phenols is 1. The Labute approximate surface area is 179 Å². The summed E-state index contributed by atoms with van der Waals surface area (Å²) >= 11 is 9.61. The normalized spacial score (nSPS) is 10.2. The number of thiol groups is 1. The number of unbranched alkanes of at least 4 members (excludes halogenated alkanes) is 10. The van der Waals surface area contributed by atoms with Crippen LogP contribution in [-0.4, -0.2) is 27.4 Å². The van der Waals surface area contributed by atoms with Crippen LogP contribution in [-0.2, 0) is 0 Å². The molecule has 0 unspecified atom stereocenters. The predicted octanol–water partition coefficient (Wildman–Crippen LogP) is 7.62. The molecule has 0 spiro atoms. The van der Waals surface area contributed by atoms with E-state index in [0.717, 1.165) is 17.4 Å². The van der Waals surface area contributed by atoms with Crippen molar-refractivity contribution in [3.05, 3.63) is 30.3 Å². The molecule has 0 aliphatic rings. The largest absolute Gasteiger partial charge is 0.508 e. The second kappa shape index (κ2) is 20.0. The third kappa shape index (κ3) is 18.4. The molecule has 0 amide bonds. The molecule has 1 aromatic carbocycles. The Bertz CT molecular complexity index is 423. The Kier molecular flexibility index (Phi) is 19.5. The third-order valence-electron chi connectivity index (χ3n) is 4.59. The predicted molar refractivity (Wildman–Crippen MR) is 128 cm³/mol. The molecule has 0 bridgehead atoms. The highest BCUT2D eigenvalue weighted by molar-refractivity contribution is 8.10. The highest BCUT2D eigenvalue weighted by Crippen LogP contribution is 2.10. The van der Waals surface area contributed by atoms with Crippen molar-refractivity contribution in [3.8, 4) is 5.75 Å². The molecule has 1 N–H and O–H groups in total. The highest BCUT2D eigenvalue weighted by Gasteiger charge is 2.05. The first-order valence-electron chi connectivity index (χ1n) is 10.8. The van der Waals surface area contributed by atoms with Crippen LogP contribution in [0.2, 0.25) is 0 Å². The summed E-state index contributed by atoms with van der Waals surface area (Å²) < 4.78 is 0.784. The average Bonchev–Trinajstić information content (AvgIpc) is 2.66. The average molecular weight is 412 g/mol. The van der Waals surface area contributed by atoms with Gasteiger partial charge in [0.2, 0.25) is 0 Å². The maximum absolute atomic E-state index is 8.63. The van der Waals surface area contributed by atoms with Crippen LogP contribution in [0.4, 0.5) is 0 Å². The first kappa shape index (κ1) is 26.3. The van der Waals surface area contributed by atoms with Gasteiger partial charge in [-0.15, -0.1) is 12.6 Å². The number of thiocarbonyl (C=S) groups is 1. The van der Waals surface area contributed by atoms with Gasteiger partial charge in [-0.1, -0.05) is 108 Å². The SMILES string of the molecule is CCCCCCCCN(CCCCCCCC)C(=S)S.Oc1ccccc1. The van der Waals surface area contributed by atoms with Gasteiger partial charge in [-0.2, -0.15) is 0 Å². The van der Waals surface area contributed by atoms with Crippen LogP contribution in [0.1, 0.15) is 90.9 Å². The minimum absolute atomic E-state index is 0.322. The van der Waals surface area contributed by atoms with Crippen molar-refractivity contribution >= 4 is 29.2 Å². The van der Waals surface area contributed by atoms with Crippen molar-refractivity contribution in [3.63, 3.8) is 0 Å². The summed E-state index contributed by atoms with van der Waals surface area (Å²) in [6.45, 7) is 6.73. The van der Waals surface area contributed by atoms with Gasteiger partial charge in [0.05, 0.1) is 0 Å². The zero-order valence-electron chi connectivity index (χ0n) is 17.5. The van der Waals surface area contributed by atoms with Crippen LogP contribution < -0.4 is 0 Å². The molecular weight excluding hydrogens is 370 g/mol. The Balaban J connectivity index is 0.000000797. The molecule has 0 saturated heterocycles. The number of nitrogens with zero attached hydrogens (tertiary/aromatic N) is 1. The molecule has 0 aliphatic carbocycles. The molecule has 0 radical (unpaired) electrons. The molecule has 27 heavy (non-hydrogen) atoms. The Morgan fingerprint density at radius 3 is 1.52 bits per heavy atom. The molecule has 156 valence electrons. The lowest BCUT2D eigenvalue weighted by molar-refractivity contribution is 0.395. The van der Waals surface area contributed by atoms with Gasteiger partial charge in [0.1, 0.15) is 10.1 Å².